The molecule has 0 rings (SSSR count). The predicted molar refractivity (Wildman–Crippen MR) is 38.2 cm³/mol. The quantitative estimate of drug-likeness (QED) is 0.562. The Bertz CT molecular complexity index is 194. The van der Waals surface area contributed by atoms with Gasteiger partial charge in [-0.1, -0.05) is 13.2 Å². The van der Waals surface area contributed by atoms with Crippen LogP contribution in [0.3, 0.4) is 0 Å². The molecule has 0 spiro atoms. The molecule has 0 unspecified atom stereocenters. The van der Waals surface area contributed by atoms with Gasteiger partial charge in [-0.2, -0.15) is 0 Å². The second-order valence-electron chi connectivity index (χ2n) is 1.80. The number of carbonyl (C=O) groups is 2. The zero-order valence-electron chi connectivity index (χ0n) is 5.81. The third-order valence-electron chi connectivity index (χ3n) is 0.810. The molecule has 0 saturated heterocycles. The van der Waals surface area contributed by atoms with E-state index in [1.165, 1.54) is 6.92 Å². The minimum atomic E-state index is -0.506. The fourth-order valence-corrected chi connectivity index (χ4v) is 0.270. The van der Waals surface area contributed by atoms with Crippen LogP contribution >= 0.6 is 0 Å². The average Bonchev–Trinajstić information content (AvgIpc) is 1.87. The summed E-state index contributed by atoms with van der Waals surface area (Å²) in [5, 5.41) is 2.03. The average molecular weight is 139 g/mol. The first-order valence-electron chi connectivity index (χ1n) is 2.71. The van der Waals surface area contributed by atoms with Crippen LogP contribution in [-0.4, -0.2) is 11.8 Å². The molecule has 0 fully saturated rings. The van der Waals surface area contributed by atoms with E-state index in [-0.39, 0.29) is 0 Å². The second-order valence-corrected chi connectivity index (χ2v) is 1.80. The number of hydrogen-bond acceptors (Lipinski definition) is 2. The number of carbonyl (C=O) groups excluding carboxylic acids is 2. The molecule has 0 bridgehead atoms. The van der Waals surface area contributed by atoms with Crippen molar-refractivity contribution in [3.63, 3.8) is 0 Å². The van der Waals surface area contributed by atoms with Crippen LogP contribution in [0, 0.1) is 0 Å². The topological polar surface area (TPSA) is 46.2 Å². The van der Waals surface area contributed by atoms with Crippen LogP contribution in [0.25, 0.3) is 0 Å². The molecule has 0 atom stereocenters. The van der Waals surface area contributed by atoms with Crippen LogP contribution in [0.15, 0.2) is 24.8 Å². The Morgan fingerprint density at radius 2 is 2.00 bits per heavy atom. The van der Waals surface area contributed by atoms with E-state index >= 15 is 0 Å². The van der Waals surface area contributed by atoms with Crippen molar-refractivity contribution in [2.75, 3.05) is 0 Å². The summed E-state index contributed by atoms with van der Waals surface area (Å²) < 4.78 is 0. The van der Waals surface area contributed by atoms with Crippen molar-refractivity contribution in [3.05, 3.63) is 24.8 Å². The van der Waals surface area contributed by atoms with E-state index in [4.69, 9.17) is 0 Å². The van der Waals surface area contributed by atoms with E-state index < -0.39 is 11.8 Å². The summed E-state index contributed by atoms with van der Waals surface area (Å²) in [6.45, 7) is 8.04. The number of imide groups is 1. The van der Waals surface area contributed by atoms with Crippen LogP contribution < -0.4 is 5.32 Å². The minimum Gasteiger partial charge on any atom is -0.289 e. The molecule has 1 N–H and O–H groups in total. The lowest BCUT2D eigenvalue weighted by Gasteiger charge is -1.96. The van der Waals surface area contributed by atoms with Gasteiger partial charge in [-0.3, -0.25) is 14.9 Å². The number of hydrogen-bond donors (Lipinski definition) is 1. The second kappa shape index (κ2) is 3.61. The van der Waals surface area contributed by atoms with Crippen LogP contribution in [0.4, 0.5) is 0 Å². The summed E-state index contributed by atoms with van der Waals surface area (Å²) in [5.41, 5.74) is 0.301. The van der Waals surface area contributed by atoms with Crippen molar-refractivity contribution in [2.45, 2.75) is 6.92 Å². The minimum absolute atomic E-state index is 0.301. The van der Waals surface area contributed by atoms with Crippen LogP contribution in [0.2, 0.25) is 0 Å². The Kier molecular flexibility index (Phi) is 3.11. The predicted octanol–water partition coefficient (Wildman–Crippen LogP) is 0.391. The fourth-order valence-electron chi connectivity index (χ4n) is 0.270. The van der Waals surface area contributed by atoms with Gasteiger partial charge in [-0.25, -0.2) is 0 Å². The van der Waals surface area contributed by atoms with Gasteiger partial charge in [0, 0.05) is 5.57 Å². The molecule has 0 aliphatic carbocycles. The molecule has 0 saturated carbocycles. The lowest BCUT2D eigenvalue weighted by Crippen LogP contribution is -2.28. The first-order chi connectivity index (χ1) is 4.57. The third kappa shape index (κ3) is 2.81. The van der Waals surface area contributed by atoms with Gasteiger partial charge in [0.2, 0.25) is 5.91 Å². The largest absolute Gasteiger partial charge is 0.289 e. The van der Waals surface area contributed by atoms with E-state index in [2.05, 4.69) is 13.2 Å². The summed E-state index contributed by atoms with van der Waals surface area (Å²) in [6, 6.07) is 0. The smallest absolute Gasteiger partial charge is 0.253 e. The van der Waals surface area contributed by atoms with Gasteiger partial charge < -0.3 is 0 Å². The highest BCUT2D eigenvalue weighted by Gasteiger charge is 2.02. The summed E-state index contributed by atoms with van der Waals surface area (Å²) in [4.78, 5) is 21.1. The summed E-state index contributed by atoms with van der Waals surface area (Å²) in [7, 11) is 0. The zero-order chi connectivity index (χ0) is 8.15. The molecular formula is C7H9NO2. The highest BCUT2D eigenvalue weighted by atomic mass is 16.2. The molecule has 0 aliphatic heterocycles. The lowest BCUT2D eigenvalue weighted by atomic mass is 10.3. The number of nitrogens with one attached hydrogen (secondary N) is 1. The molecule has 0 aromatic rings. The van der Waals surface area contributed by atoms with Crippen molar-refractivity contribution in [2.24, 2.45) is 0 Å². The van der Waals surface area contributed by atoms with Crippen LogP contribution in [0.5, 0.6) is 0 Å². The van der Waals surface area contributed by atoms with Gasteiger partial charge in [-0.15, -0.1) is 0 Å². The van der Waals surface area contributed by atoms with Crippen molar-refractivity contribution < 1.29 is 9.59 Å². The van der Waals surface area contributed by atoms with Crippen molar-refractivity contribution in [1.82, 2.24) is 5.32 Å². The lowest BCUT2D eigenvalue weighted by molar-refractivity contribution is -0.125. The highest BCUT2D eigenvalue weighted by molar-refractivity contribution is 6.06. The van der Waals surface area contributed by atoms with E-state index in [0.717, 1.165) is 6.08 Å². The Hall–Kier alpha value is -1.38. The maximum Gasteiger partial charge on any atom is 0.253 e. The van der Waals surface area contributed by atoms with Crippen molar-refractivity contribution in [1.29, 1.82) is 0 Å². The summed E-state index contributed by atoms with van der Waals surface area (Å²) in [6.07, 6.45) is 1.03. The van der Waals surface area contributed by atoms with Crippen molar-refractivity contribution >= 4 is 11.8 Å². The molecule has 0 aliphatic rings. The Balaban J connectivity index is 3.92. The SMILES string of the molecule is C=CC(=O)NC(=O)C(=C)C. The molecule has 54 valence electrons. The molecule has 3 heteroatoms. The Morgan fingerprint density at radius 3 is 2.30 bits per heavy atom. The maximum absolute atomic E-state index is 10.6. The van der Waals surface area contributed by atoms with E-state index in [9.17, 15) is 9.59 Å². The first kappa shape index (κ1) is 8.62. The summed E-state index contributed by atoms with van der Waals surface area (Å²) in [5.74, 6) is -0.974. The number of rotatable bonds is 2. The number of amides is 2. The van der Waals surface area contributed by atoms with Gasteiger partial charge in [-0.05, 0) is 13.0 Å². The summed E-state index contributed by atoms with van der Waals surface area (Å²) >= 11 is 0. The van der Waals surface area contributed by atoms with Gasteiger partial charge in [0.15, 0.2) is 0 Å². The van der Waals surface area contributed by atoms with Crippen LogP contribution in [0.1, 0.15) is 6.92 Å². The molecule has 0 radical (unpaired) electrons. The monoisotopic (exact) mass is 139 g/mol. The molecule has 0 aromatic heterocycles. The Labute approximate surface area is 59.4 Å². The van der Waals surface area contributed by atoms with E-state index in [1.807, 2.05) is 5.32 Å². The molecule has 0 heterocycles. The Morgan fingerprint density at radius 1 is 1.50 bits per heavy atom. The highest BCUT2D eigenvalue weighted by Crippen LogP contribution is 1.84. The third-order valence-corrected chi connectivity index (χ3v) is 0.810. The first-order valence-corrected chi connectivity index (χ1v) is 2.71. The zero-order valence-corrected chi connectivity index (χ0v) is 5.81. The molecule has 10 heavy (non-hydrogen) atoms. The molecule has 0 aromatic carbocycles. The van der Waals surface area contributed by atoms with Gasteiger partial charge >= 0.3 is 0 Å². The maximum atomic E-state index is 10.6. The molecular weight excluding hydrogens is 130 g/mol. The van der Waals surface area contributed by atoms with Crippen LogP contribution in [-0.2, 0) is 9.59 Å². The van der Waals surface area contributed by atoms with Gasteiger partial charge in [0.25, 0.3) is 5.91 Å². The molecule has 2 amide bonds. The van der Waals surface area contributed by atoms with E-state index in [0.29, 0.717) is 5.57 Å². The van der Waals surface area contributed by atoms with Gasteiger partial charge in [0.1, 0.15) is 0 Å². The standard InChI is InChI=1S/C7H9NO2/c1-4-6(9)8-7(10)5(2)3/h4H,1-2H2,3H3,(H,8,9,10). The molecule has 3 nitrogen and oxygen atoms in total. The van der Waals surface area contributed by atoms with Crippen molar-refractivity contribution in [3.8, 4) is 0 Å². The van der Waals surface area contributed by atoms with Gasteiger partial charge in [0.05, 0.1) is 0 Å². The van der Waals surface area contributed by atoms with E-state index in [1.54, 1.807) is 0 Å². The fraction of sp³-hybridized carbons (Fsp3) is 0.143. The normalized spacial score (nSPS) is 8.10.